The van der Waals surface area contributed by atoms with Gasteiger partial charge in [-0.15, -0.1) is 11.3 Å². The second kappa shape index (κ2) is 4.59. The fraction of sp³-hybridized carbons (Fsp3) is 0. The zero-order valence-electron chi connectivity index (χ0n) is 9.26. The number of fused-ring (bicyclic) bond motifs is 1. The molecular weight excluding hydrogens is 267 g/mol. The number of nitrogens with two attached hydrogens (primary N) is 1. The van der Waals surface area contributed by atoms with E-state index in [1.54, 1.807) is 12.1 Å². The minimum absolute atomic E-state index is 0.306. The van der Waals surface area contributed by atoms with E-state index in [0.29, 0.717) is 10.6 Å². The zero-order chi connectivity index (χ0) is 12.5. The SMILES string of the molecule is Nc1cccc(F)c1Sc1nc2ccccc2s1. The van der Waals surface area contributed by atoms with E-state index >= 15 is 0 Å². The van der Waals surface area contributed by atoms with Crippen LogP contribution in [0.25, 0.3) is 10.2 Å². The number of hydrogen-bond acceptors (Lipinski definition) is 4. The number of nitrogen functional groups attached to an aromatic ring is 1. The lowest BCUT2D eigenvalue weighted by atomic mass is 10.3. The lowest BCUT2D eigenvalue weighted by molar-refractivity contribution is 0.603. The Morgan fingerprint density at radius 2 is 1.94 bits per heavy atom. The van der Waals surface area contributed by atoms with E-state index in [9.17, 15) is 4.39 Å². The van der Waals surface area contributed by atoms with Gasteiger partial charge < -0.3 is 5.73 Å². The largest absolute Gasteiger partial charge is 0.398 e. The van der Waals surface area contributed by atoms with Gasteiger partial charge in [-0.1, -0.05) is 30.0 Å². The standard InChI is InChI=1S/C13H9FN2S2/c14-8-4-3-5-9(15)12(8)18-13-16-10-6-1-2-7-11(10)17-13/h1-7H,15H2. The first-order valence-electron chi connectivity index (χ1n) is 5.31. The molecule has 0 aliphatic carbocycles. The molecule has 5 heteroatoms. The summed E-state index contributed by atoms with van der Waals surface area (Å²) in [5, 5.41) is 0. The van der Waals surface area contributed by atoms with Crippen molar-refractivity contribution >= 4 is 39.0 Å². The highest BCUT2D eigenvalue weighted by Gasteiger charge is 2.11. The third-order valence-electron chi connectivity index (χ3n) is 2.46. The highest BCUT2D eigenvalue weighted by Crippen LogP contribution is 2.38. The Kier molecular flexibility index (Phi) is 2.93. The summed E-state index contributed by atoms with van der Waals surface area (Å²) < 4.78 is 15.6. The highest BCUT2D eigenvalue weighted by molar-refractivity contribution is 8.01. The fourth-order valence-electron chi connectivity index (χ4n) is 1.62. The van der Waals surface area contributed by atoms with Gasteiger partial charge in [-0.05, 0) is 24.3 Å². The Balaban J connectivity index is 2.01. The van der Waals surface area contributed by atoms with Gasteiger partial charge in [0.2, 0.25) is 0 Å². The van der Waals surface area contributed by atoms with Gasteiger partial charge >= 0.3 is 0 Å². The Labute approximate surface area is 112 Å². The number of aromatic nitrogens is 1. The van der Waals surface area contributed by atoms with Crippen LogP contribution >= 0.6 is 23.1 Å². The molecule has 0 fully saturated rings. The van der Waals surface area contributed by atoms with Crippen molar-refractivity contribution in [2.75, 3.05) is 5.73 Å². The number of hydrogen-bond donors (Lipinski definition) is 1. The fourth-order valence-corrected chi connectivity index (χ4v) is 3.67. The molecule has 1 aromatic heterocycles. The van der Waals surface area contributed by atoms with Gasteiger partial charge in [-0.25, -0.2) is 9.37 Å². The predicted octanol–water partition coefficient (Wildman–Crippen LogP) is 4.17. The third-order valence-corrected chi connectivity index (χ3v) is 4.69. The minimum atomic E-state index is -0.306. The molecule has 2 nitrogen and oxygen atoms in total. The van der Waals surface area contributed by atoms with Crippen LogP contribution in [-0.2, 0) is 0 Å². The maximum Gasteiger partial charge on any atom is 0.156 e. The maximum atomic E-state index is 13.7. The van der Waals surface area contributed by atoms with Gasteiger partial charge in [0.15, 0.2) is 4.34 Å². The van der Waals surface area contributed by atoms with E-state index in [2.05, 4.69) is 4.98 Å². The Morgan fingerprint density at radius 3 is 2.72 bits per heavy atom. The predicted molar refractivity (Wildman–Crippen MR) is 74.6 cm³/mol. The van der Waals surface area contributed by atoms with Gasteiger partial charge in [0.05, 0.1) is 15.1 Å². The van der Waals surface area contributed by atoms with E-state index in [0.717, 1.165) is 14.6 Å². The first-order chi connectivity index (χ1) is 8.74. The number of rotatable bonds is 2. The molecule has 3 rings (SSSR count). The number of para-hydroxylation sites is 1. The second-order valence-electron chi connectivity index (χ2n) is 3.71. The van der Waals surface area contributed by atoms with Crippen molar-refractivity contribution in [3.8, 4) is 0 Å². The van der Waals surface area contributed by atoms with Crippen LogP contribution in [-0.4, -0.2) is 4.98 Å². The van der Waals surface area contributed by atoms with E-state index in [4.69, 9.17) is 5.73 Å². The summed E-state index contributed by atoms with van der Waals surface area (Å²) in [4.78, 5) is 4.89. The van der Waals surface area contributed by atoms with Crippen LogP contribution in [0.3, 0.4) is 0 Å². The number of nitrogens with zero attached hydrogens (tertiary/aromatic N) is 1. The molecule has 90 valence electrons. The molecular formula is C13H9FN2S2. The molecule has 3 aromatic rings. The molecule has 18 heavy (non-hydrogen) atoms. The smallest absolute Gasteiger partial charge is 0.156 e. The second-order valence-corrected chi connectivity index (χ2v) is 6.00. The van der Waals surface area contributed by atoms with Gasteiger partial charge in [0, 0.05) is 5.69 Å². The first-order valence-corrected chi connectivity index (χ1v) is 6.95. The molecule has 0 saturated heterocycles. The molecule has 0 radical (unpaired) electrons. The zero-order valence-corrected chi connectivity index (χ0v) is 10.9. The van der Waals surface area contributed by atoms with Crippen LogP contribution in [0.2, 0.25) is 0 Å². The summed E-state index contributed by atoms with van der Waals surface area (Å²) in [6.45, 7) is 0. The van der Waals surface area contributed by atoms with Crippen molar-refractivity contribution in [1.29, 1.82) is 0 Å². The van der Waals surface area contributed by atoms with Crippen LogP contribution in [0, 0.1) is 5.82 Å². The third kappa shape index (κ3) is 2.07. The molecule has 0 atom stereocenters. The van der Waals surface area contributed by atoms with Crippen molar-refractivity contribution in [3.05, 3.63) is 48.3 Å². The summed E-state index contributed by atoms with van der Waals surface area (Å²) in [5.41, 5.74) is 7.15. The minimum Gasteiger partial charge on any atom is -0.398 e. The number of anilines is 1. The molecule has 0 unspecified atom stereocenters. The lowest BCUT2D eigenvalue weighted by Gasteiger charge is -2.03. The normalized spacial score (nSPS) is 10.9. The van der Waals surface area contributed by atoms with E-state index in [1.807, 2.05) is 24.3 Å². The van der Waals surface area contributed by atoms with Gasteiger partial charge in [-0.2, -0.15) is 0 Å². The Bertz CT molecular complexity index is 656. The van der Waals surface area contributed by atoms with Gasteiger partial charge in [0.25, 0.3) is 0 Å². The molecule has 0 saturated carbocycles. The average Bonchev–Trinajstić information content (AvgIpc) is 2.76. The summed E-state index contributed by atoms with van der Waals surface area (Å²) in [6, 6.07) is 12.6. The van der Waals surface area contributed by atoms with E-state index in [1.165, 1.54) is 29.2 Å². The van der Waals surface area contributed by atoms with E-state index < -0.39 is 0 Å². The van der Waals surface area contributed by atoms with Crippen molar-refractivity contribution in [1.82, 2.24) is 4.98 Å². The summed E-state index contributed by atoms with van der Waals surface area (Å²) in [5.74, 6) is -0.306. The van der Waals surface area contributed by atoms with Crippen LogP contribution < -0.4 is 5.73 Å². The maximum absolute atomic E-state index is 13.7. The highest BCUT2D eigenvalue weighted by atomic mass is 32.2. The van der Waals surface area contributed by atoms with E-state index in [-0.39, 0.29) is 5.82 Å². The molecule has 0 bridgehead atoms. The lowest BCUT2D eigenvalue weighted by Crippen LogP contribution is -1.91. The van der Waals surface area contributed by atoms with Crippen LogP contribution in [0.1, 0.15) is 0 Å². The topological polar surface area (TPSA) is 38.9 Å². The van der Waals surface area contributed by atoms with Crippen molar-refractivity contribution < 1.29 is 4.39 Å². The Hall–Kier alpha value is -1.59. The van der Waals surface area contributed by atoms with Crippen LogP contribution in [0.5, 0.6) is 0 Å². The quantitative estimate of drug-likeness (QED) is 0.714. The van der Waals surface area contributed by atoms with Gasteiger partial charge in [0.1, 0.15) is 5.82 Å². The van der Waals surface area contributed by atoms with Gasteiger partial charge in [-0.3, -0.25) is 0 Å². The number of halogens is 1. The monoisotopic (exact) mass is 276 g/mol. The summed E-state index contributed by atoms with van der Waals surface area (Å²) in [7, 11) is 0. The van der Waals surface area contributed by atoms with Crippen LogP contribution in [0.15, 0.2) is 51.7 Å². The molecule has 0 amide bonds. The Morgan fingerprint density at radius 1 is 1.11 bits per heavy atom. The van der Waals surface area contributed by atoms with Crippen molar-refractivity contribution in [2.24, 2.45) is 0 Å². The molecule has 2 aromatic carbocycles. The molecule has 2 N–H and O–H groups in total. The summed E-state index contributed by atoms with van der Waals surface area (Å²) in [6.07, 6.45) is 0. The van der Waals surface area contributed by atoms with Crippen LogP contribution in [0.4, 0.5) is 10.1 Å². The number of thiazole rings is 1. The molecule has 1 heterocycles. The van der Waals surface area contributed by atoms with Crippen molar-refractivity contribution in [3.63, 3.8) is 0 Å². The van der Waals surface area contributed by atoms with Crippen molar-refractivity contribution in [2.45, 2.75) is 9.24 Å². The molecule has 0 aliphatic heterocycles. The average molecular weight is 276 g/mol. The molecule has 0 spiro atoms. The molecule has 0 aliphatic rings. The first kappa shape index (κ1) is 11.5. The number of benzene rings is 2. The summed E-state index contributed by atoms with van der Waals surface area (Å²) >= 11 is 2.81.